The van der Waals surface area contributed by atoms with Crippen molar-refractivity contribution in [2.45, 2.75) is 25.9 Å². The molecular formula is C13H14ClFN2S. The summed E-state index contributed by atoms with van der Waals surface area (Å²) in [6, 6.07) is 4.62. The van der Waals surface area contributed by atoms with Gasteiger partial charge in [-0.25, -0.2) is 9.37 Å². The lowest BCUT2D eigenvalue weighted by molar-refractivity contribution is 0.502. The molecule has 0 saturated heterocycles. The predicted molar refractivity (Wildman–Crippen MR) is 73.6 cm³/mol. The molecule has 1 aromatic carbocycles. The minimum Gasteiger partial charge on any atom is -0.302 e. The summed E-state index contributed by atoms with van der Waals surface area (Å²) in [6.45, 7) is 4.02. The Hall–Kier alpha value is -0.970. The highest BCUT2D eigenvalue weighted by atomic mass is 35.5. The third-order valence-electron chi connectivity index (χ3n) is 2.49. The van der Waals surface area contributed by atoms with Crippen LogP contribution in [0.4, 0.5) is 4.39 Å². The normalized spacial score (nSPS) is 12.9. The Morgan fingerprint density at radius 1 is 1.39 bits per heavy atom. The summed E-state index contributed by atoms with van der Waals surface area (Å²) in [7, 11) is 0. The minimum atomic E-state index is -0.309. The van der Waals surface area contributed by atoms with Gasteiger partial charge in [-0.1, -0.05) is 17.7 Å². The van der Waals surface area contributed by atoms with Gasteiger partial charge in [-0.05, 0) is 26.0 Å². The number of thiazole rings is 1. The van der Waals surface area contributed by atoms with Crippen molar-refractivity contribution in [3.63, 3.8) is 0 Å². The van der Waals surface area contributed by atoms with Gasteiger partial charge in [0, 0.05) is 28.2 Å². The molecule has 0 radical (unpaired) electrons. The van der Waals surface area contributed by atoms with E-state index >= 15 is 0 Å². The Labute approximate surface area is 115 Å². The first kappa shape index (κ1) is 13.5. The van der Waals surface area contributed by atoms with Crippen LogP contribution in [-0.2, 0) is 0 Å². The Balaban J connectivity index is 2.46. The summed E-state index contributed by atoms with van der Waals surface area (Å²) in [6.07, 6.45) is 1.71. The number of hydrogen-bond acceptors (Lipinski definition) is 3. The van der Waals surface area contributed by atoms with Crippen molar-refractivity contribution in [1.82, 2.24) is 10.3 Å². The summed E-state index contributed by atoms with van der Waals surface area (Å²) < 4.78 is 14.0. The SMILES string of the molecule is CC(C)NC(c1nccs1)c1c(F)cccc1Cl. The Bertz CT molecular complexity index is 493. The highest BCUT2D eigenvalue weighted by Crippen LogP contribution is 2.31. The second-order valence-electron chi connectivity index (χ2n) is 4.26. The number of nitrogens with zero attached hydrogens (tertiary/aromatic N) is 1. The molecule has 1 atom stereocenters. The van der Waals surface area contributed by atoms with E-state index in [-0.39, 0.29) is 17.9 Å². The van der Waals surface area contributed by atoms with Crippen LogP contribution in [0.25, 0.3) is 0 Å². The van der Waals surface area contributed by atoms with E-state index in [4.69, 9.17) is 11.6 Å². The molecule has 0 aliphatic rings. The highest BCUT2D eigenvalue weighted by molar-refractivity contribution is 7.09. The largest absolute Gasteiger partial charge is 0.302 e. The van der Waals surface area contributed by atoms with E-state index in [1.54, 1.807) is 18.3 Å². The second kappa shape index (κ2) is 5.78. The van der Waals surface area contributed by atoms with Crippen molar-refractivity contribution in [1.29, 1.82) is 0 Å². The maximum atomic E-state index is 14.0. The molecule has 0 amide bonds. The summed E-state index contributed by atoms with van der Waals surface area (Å²) in [5, 5.41) is 6.41. The van der Waals surface area contributed by atoms with Gasteiger partial charge in [0.2, 0.25) is 0 Å². The molecule has 18 heavy (non-hydrogen) atoms. The number of halogens is 2. The molecule has 0 aliphatic carbocycles. The fraction of sp³-hybridized carbons (Fsp3) is 0.308. The van der Waals surface area contributed by atoms with E-state index in [2.05, 4.69) is 10.3 Å². The molecule has 2 nitrogen and oxygen atoms in total. The van der Waals surface area contributed by atoms with Gasteiger partial charge in [0.05, 0.1) is 6.04 Å². The number of aromatic nitrogens is 1. The molecular weight excluding hydrogens is 271 g/mol. The summed E-state index contributed by atoms with van der Waals surface area (Å²) in [4.78, 5) is 4.26. The van der Waals surface area contributed by atoms with E-state index in [1.807, 2.05) is 19.2 Å². The average molecular weight is 285 g/mol. The van der Waals surface area contributed by atoms with Gasteiger partial charge in [-0.3, -0.25) is 0 Å². The zero-order chi connectivity index (χ0) is 13.1. The molecule has 96 valence electrons. The van der Waals surface area contributed by atoms with Crippen LogP contribution in [0, 0.1) is 5.82 Å². The smallest absolute Gasteiger partial charge is 0.129 e. The molecule has 2 aromatic rings. The van der Waals surface area contributed by atoms with Crippen LogP contribution >= 0.6 is 22.9 Å². The fourth-order valence-electron chi connectivity index (χ4n) is 1.77. The quantitative estimate of drug-likeness (QED) is 0.917. The van der Waals surface area contributed by atoms with Crippen LogP contribution < -0.4 is 5.32 Å². The Morgan fingerprint density at radius 3 is 2.72 bits per heavy atom. The zero-order valence-electron chi connectivity index (χ0n) is 10.2. The van der Waals surface area contributed by atoms with Crippen LogP contribution in [0.2, 0.25) is 5.02 Å². The van der Waals surface area contributed by atoms with Gasteiger partial charge in [-0.15, -0.1) is 11.3 Å². The second-order valence-corrected chi connectivity index (χ2v) is 5.59. The summed E-state index contributed by atoms with van der Waals surface area (Å²) in [5.41, 5.74) is 0.461. The van der Waals surface area contributed by atoms with Crippen molar-refractivity contribution >= 4 is 22.9 Å². The van der Waals surface area contributed by atoms with E-state index in [1.165, 1.54) is 17.4 Å². The molecule has 5 heteroatoms. The Morgan fingerprint density at radius 2 is 2.17 bits per heavy atom. The lowest BCUT2D eigenvalue weighted by Gasteiger charge is -2.21. The van der Waals surface area contributed by atoms with Crippen molar-refractivity contribution in [3.05, 3.63) is 51.2 Å². The Kier molecular flexibility index (Phi) is 4.32. The number of hydrogen-bond donors (Lipinski definition) is 1. The number of rotatable bonds is 4. The first-order valence-corrected chi connectivity index (χ1v) is 6.94. The van der Waals surface area contributed by atoms with Crippen LogP contribution in [0.5, 0.6) is 0 Å². The van der Waals surface area contributed by atoms with E-state index in [0.717, 1.165) is 5.01 Å². The van der Waals surface area contributed by atoms with E-state index in [0.29, 0.717) is 10.6 Å². The topological polar surface area (TPSA) is 24.9 Å². The van der Waals surface area contributed by atoms with Crippen molar-refractivity contribution in [2.24, 2.45) is 0 Å². The fourth-order valence-corrected chi connectivity index (χ4v) is 2.75. The molecule has 2 rings (SSSR count). The van der Waals surface area contributed by atoms with E-state index < -0.39 is 0 Å². The highest BCUT2D eigenvalue weighted by Gasteiger charge is 2.23. The molecule has 0 saturated carbocycles. The minimum absolute atomic E-state index is 0.203. The molecule has 0 spiro atoms. The molecule has 1 heterocycles. The molecule has 0 aliphatic heterocycles. The standard InChI is InChI=1S/C13H14ClFN2S/c1-8(2)17-12(13-16-6-7-18-13)11-9(14)4-3-5-10(11)15/h3-8,12,17H,1-2H3. The van der Waals surface area contributed by atoms with Gasteiger partial charge in [0.1, 0.15) is 10.8 Å². The van der Waals surface area contributed by atoms with Crippen molar-refractivity contribution in [2.75, 3.05) is 0 Å². The van der Waals surface area contributed by atoms with Gasteiger partial charge in [0.15, 0.2) is 0 Å². The molecule has 0 bridgehead atoms. The van der Waals surface area contributed by atoms with Crippen molar-refractivity contribution < 1.29 is 4.39 Å². The van der Waals surface area contributed by atoms with Crippen LogP contribution in [0.3, 0.4) is 0 Å². The molecule has 1 unspecified atom stereocenters. The van der Waals surface area contributed by atoms with Crippen LogP contribution in [-0.4, -0.2) is 11.0 Å². The van der Waals surface area contributed by atoms with Gasteiger partial charge < -0.3 is 5.32 Å². The maximum absolute atomic E-state index is 14.0. The first-order chi connectivity index (χ1) is 8.59. The van der Waals surface area contributed by atoms with Gasteiger partial charge >= 0.3 is 0 Å². The zero-order valence-corrected chi connectivity index (χ0v) is 11.7. The number of nitrogens with one attached hydrogen (secondary N) is 1. The van der Waals surface area contributed by atoms with Gasteiger partial charge in [0.25, 0.3) is 0 Å². The monoisotopic (exact) mass is 284 g/mol. The summed E-state index contributed by atoms with van der Waals surface area (Å²) in [5.74, 6) is -0.309. The van der Waals surface area contributed by atoms with Crippen LogP contribution in [0.1, 0.15) is 30.5 Å². The lowest BCUT2D eigenvalue weighted by atomic mass is 10.1. The molecule has 1 N–H and O–H groups in total. The summed E-state index contributed by atoms with van der Waals surface area (Å²) >= 11 is 7.61. The molecule has 1 aromatic heterocycles. The molecule has 0 fully saturated rings. The van der Waals surface area contributed by atoms with Crippen molar-refractivity contribution in [3.8, 4) is 0 Å². The van der Waals surface area contributed by atoms with E-state index in [9.17, 15) is 4.39 Å². The maximum Gasteiger partial charge on any atom is 0.129 e. The third-order valence-corrected chi connectivity index (χ3v) is 3.66. The third kappa shape index (κ3) is 2.88. The lowest BCUT2D eigenvalue weighted by Crippen LogP contribution is -2.29. The van der Waals surface area contributed by atoms with Gasteiger partial charge in [-0.2, -0.15) is 0 Å². The average Bonchev–Trinajstić information content (AvgIpc) is 2.80. The van der Waals surface area contributed by atoms with Crippen LogP contribution in [0.15, 0.2) is 29.8 Å². The first-order valence-electron chi connectivity index (χ1n) is 5.69. The number of benzene rings is 1. The predicted octanol–water partition coefficient (Wildman–Crippen LogP) is 4.02.